The van der Waals surface area contributed by atoms with E-state index in [0.717, 1.165) is 61.4 Å². The van der Waals surface area contributed by atoms with Crippen molar-refractivity contribution in [1.29, 1.82) is 1.43 Å². The van der Waals surface area contributed by atoms with Crippen molar-refractivity contribution in [1.82, 2.24) is 0 Å². The second-order valence-electron chi connectivity index (χ2n) is 24.3. The fourth-order valence-electron chi connectivity index (χ4n) is 7.41. The summed E-state index contributed by atoms with van der Waals surface area (Å²) in [6, 6.07) is 28.7. The molecule has 584 valence electrons. The molecule has 0 heterocycles. The number of aliphatic carboxylic acids is 2. The molecule has 103 heavy (non-hydrogen) atoms. The molecule has 0 amide bonds. The van der Waals surface area contributed by atoms with Gasteiger partial charge in [0.15, 0.2) is 12.3 Å². The van der Waals surface area contributed by atoms with E-state index in [0.29, 0.717) is 77.0 Å². The normalized spacial score (nSPS) is 11.4. The van der Waals surface area contributed by atoms with Crippen LogP contribution in [0, 0.1) is 7.18 Å². The van der Waals surface area contributed by atoms with Gasteiger partial charge in [-0.05, 0) is 102 Å². The van der Waals surface area contributed by atoms with Gasteiger partial charge in [0.1, 0.15) is 13.2 Å². The fraction of sp³-hybridized carbons (Fsp3) is 0.662. The van der Waals surface area contributed by atoms with E-state index in [4.69, 9.17) is 31.0 Å². The van der Waals surface area contributed by atoms with Crippen LogP contribution in [0.5, 0.6) is 0 Å². The fourth-order valence-corrected chi connectivity index (χ4v) is 7.78. The Balaban J connectivity index is -0.000000149. The molecule has 3 rings (SSSR count). The maximum absolute atomic E-state index is 13.6. The third-order valence-electron chi connectivity index (χ3n) is 12.1. The summed E-state index contributed by atoms with van der Waals surface area (Å²) in [5.41, 5.74) is 1.82. The number of carboxylic acids is 2. The number of rotatable bonds is 39. The van der Waals surface area contributed by atoms with Gasteiger partial charge >= 0.3 is 209 Å². The minimum atomic E-state index is -4.10. The van der Waals surface area contributed by atoms with Crippen LogP contribution in [-0.4, -0.2) is 99.2 Å². The molecule has 0 aliphatic carbocycles. The summed E-state index contributed by atoms with van der Waals surface area (Å²) in [5, 5.41) is 39.2. The molecule has 0 bridgehead atoms. The monoisotopic (exact) mass is 1650 g/mol. The van der Waals surface area contributed by atoms with E-state index in [1.165, 1.54) is 5.56 Å². The van der Waals surface area contributed by atoms with Crippen LogP contribution in [-0.2, 0) is 56.9 Å². The Morgan fingerprint density at radius 2 is 0.738 bits per heavy atom. The Bertz CT molecular complexity index is 2350. The number of benzene rings is 3. The van der Waals surface area contributed by atoms with Gasteiger partial charge in [-0.2, -0.15) is 59.9 Å². The molecule has 2 unspecified atom stereocenters. The topological polar surface area (TPSA) is 217 Å². The van der Waals surface area contributed by atoms with Crippen molar-refractivity contribution in [3.63, 3.8) is 0 Å². The summed E-state index contributed by atoms with van der Waals surface area (Å²) in [6.45, 7) is 10.5. The quantitative estimate of drug-likeness (QED) is 0.00400. The van der Waals surface area contributed by atoms with Gasteiger partial charge in [-0.3, -0.25) is 14.4 Å². The number of hydrogen-bond acceptors (Lipinski definition) is 11. The first-order chi connectivity index (χ1) is 46.9. The summed E-state index contributed by atoms with van der Waals surface area (Å²) in [7, 11) is 1.75. The number of carbonyl (C=O) groups is 5. The molecular formula is C71H108BrF15K3O13+. The van der Waals surface area contributed by atoms with Gasteiger partial charge in [-0.25, -0.2) is 23.6 Å². The van der Waals surface area contributed by atoms with Crippen LogP contribution in [0.25, 0.3) is 1.43 Å². The molecule has 3 aromatic carbocycles. The molecule has 0 fully saturated rings. The van der Waals surface area contributed by atoms with E-state index < -0.39 is 91.8 Å². The molecule has 0 saturated carbocycles. The number of hydrogen-bond donors (Lipinski definition) is 4. The van der Waals surface area contributed by atoms with E-state index in [1.54, 1.807) is 73.0 Å². The zero-order chi connectivity index (χ0) is 78.7. The average Bonchev–Trinajstić information content (AvgIpc) is 0.963. The molecule has 0 radical (unpaired) electrons. The zero-order valence-electron chi connectivity index (χ0n) is 62.4. The minimum absolute atomic E-state index is 0. The number of ether oxygens (including phenoxy) is 2. The molecular weight excluding hydrogens is 1540 g/mol. The van der Waals surface area contributed by atoms with E-state index in [2.05, 4.69) is 38.2 Å². The number of alkyl halides is 15. The van der Waals surface area contributed by atoms with Gasteiger partial charge in [-0.15, -0.1) is 5.60 Å². The Kier molecular flexibility index (Phi) is 89.3. The molecule has 0 aliphatic rings. The van der Waals surface area contributed by atoms with E-state index in [9.17, 15) is 90.1 Å². The maximum atomic E-state index is 13.6. The zero-order valence-corrected chi connectivity index (χ0v) is 72.4. The van der Waals surface area contributed by atoms with Crippen molar-refractivity contribution < 1.29 is 284 Å². The molecule has 32 heteroatoms. The van der Waals surface area contributed by atoms with Crippen molar-refractivity contribution in [2.75, 3.05) is 0 Å². The molecule has 0 aromatic heterocycles. The Hall–Kier alpha value is -0.771. The van der Waals surface area contributed by atoms with Crippen LogP contribution >= 0.6 is 15.9 Å². The van der Waals surface area contributed by atoms with E-state index in [1.807, 2.05) is 54.6 Å². The smallest absolute Gasteiger partial charge is 0.850 e. The van der Waals surface area contributed by atoms with Gasteiger partial charge in [0.05, 0.1) is 5.60 Å². The Morgan fingerprint density at radius 1 is 0.476 bits per heavy atom. The predicted molar refractivity (Wildman–Crippen MR) is 357 cm³/mol. The van der Waals surface area contributed by atoms with Crippen molar-refractivity contribution >= 4 is 46.3 Å². The standard InChI is InChI=1S/C17H22F4O2.C17H23F3O2.C10H16F4O2.C10H17F3O2.C7H7Br.C4H10O.C4H9O.CH2F.CH2O3.3K/c18-15(11-7-2-1-3-8-12-17(19,20)21)16(22)23-13-14-9-5-4-6-10-14;18-17(19,20)13-9-4-2-1-3-8-12-16(21)22-14-15-10-6-5-7-11-15;11-8(9(15)16)6-4-2-1-3-5-7-10(12,13)14;11-10(12,13)8-6-4-2-1-3-5-7-9(14)15;8-6-7-4-2-1-3-5-7;2*1-4(2,3)5;1-2;2-1-4-3;;;/h4-6,9-10,15H,1-3,7-8,11-13H2;5-7,10-11H,1-4,8-9,12-14H2;8H,1-7H2,(H,15,16);1-8H2,(H,14,15);1-5H,6H2;5H,1-3H3;1-3H3;1H2;1,3H;;;/q;;;;;;2*-1;;3*+1/i/hD. The first kappa shape index (κ1) is 118. The molecule has 3 aromatic rings. The summed E-state index contributed by atoms with van der Waals surface area (Å²) in [6.07, 6.45) is -10.1. The molecule has 0 aliphatic heterocycles. The van der Waals surface area contributed by atoms with Crippen molar-refractivity contribution in [2.45, 2.75) is 301 Å². The predicted octanol–water partition coefficient (Wildman–Crippen LogP) is 13.1. The van der Waals surface area contributed by atoms with Gasteiger partial charge in [-0.1, -0.05) is 218 Å². The number of esters is 2. The molecule has 2 atom stereocenters. The average molecular weight is 1650 g/mol. The summed E-state index contributed by atoms with van der Waals surface area (Å²) in [4.78, 5) is 55.4. The summed E-state index contributed by atoms with van der Waals surface area (Å²) < 4.78 is 193. The first-order valence-corrected chi connectivity index (χ1v) is 34.0. The van der Waals surface area contributed by atoms with Crippen molar-refractivity contribution in [2.24, 2.45) is 0 Å². The van der Waals surface area contributed by atoms with Crippen molar-refractivity contribution in [3.05, 3.63) is 115 Å². The third-order valence-corrected chi connectivity index (χ3v) is 12.7. The van der Waals surface area contributed by atoms with Gasteiger partial charge in [0, 0.05) is 43.9 Å². The SMILES string of the molecule is BrCc1ccccc1.CC(C)(C)O.CC(C)(C)[O-].O=C(CCCCCCCCC(F)(F)F)OCc1ccccc1.O=C(O)C(F)CCCCCCCC(F)(F)F.O=C(O)CCCCCCCCC(F)(F)F.O=C(OCc1ccccc1)C(F)CCCCCCCC(F)(F)F.[2H]OOC=O.[CH2-]F.[K+].[K+].[K+]. The van der Waals surface area contributed by atoms with Gasteiger partial charge in [0.25, 0.3) is 1.43 Å². The molecule has 4 N–H and O–H groups in total. The minimum Gasteiger partial charge on any atom is -0.850 e. The van der Waals surface area contributed by atoms with Crippen LogP contribution in [0.1, 0.15) is 251 Å². The van der Waals surface area contributed by atoms with Crippen LogP contribution < -0.4 is 159 Å². The number of unbranched alkanes of at least 4 members (excludes halogenated alkanes) is 18. The van der Waals surface area contributed by atoms with Crippen LogP contribution in [0.2, 0.25) is 0 Å². The number of aliphatic hydroxyl groups is 1. The largest absolute Gasteiger partial charge is 1.00 e. The van der Waals surface area contributed by atoms with Crippen molar-refractivity contribution in [3.8, 4) is 0 Å². The molecule has 0 saturated heterocycles. The van der Waals surface area contributed by atoms with Gasteiger partial charge in [0.2, 0.25) is 0 Å². The van der Waals surface area contributed by atoms with Crippen LogP contribution in [0.3, 0.4) is 0 Å². The number of carbonyl (C=O) groups excluding carboxylic acids is 3. The summed E-state index contributed by atoms with van der Waals surface area (Å²) >= 11 is 3.36. The Labute approximate surface area is 738 Å². The third kappa shape index (κ3) is 122. The van der Waals surface area contributed by atoms with Crippen LogP contribution in [0.4, 0.5) is 65.9 Å². The second kappa shape index (κ2) is 77.9. The second-order valence-corrected chi connectivity index (χ2v) is 24.9. The van der Waals surface area contributed by atoms with E-state index >= 15 is 0 Å². The Morgan fingerprint density at radius 3 is 0.990 bits per heavy atom. The summed E-state index contributed by atoms with van der Waals surface area (Å²) in [5.74, 6) is -3.39. The van der Waals surface area contributed by atoms with Crippen LogP contribution in [0.15, 0.2) is 91.0 Å². The number of carboxylic acid groups (broad SMARTS) is 2. The molecule has 13 nitrogen and oxygen atoms in total. The molecule has 0 spiro atoms. The first-order valence-electron chi connectivity index (χ1n) is 33.3. The maximum Gasteiger partial charge on any atom is 1.00 e. The van der Waals surface area contributed by atoms with E-state index in [-0.39, 0.29) is 225 Å². The number of halogens is 16. The van der Waals surface area contributed by atoms with Gasteiger partial charge < -0.3 is 39.2 Å².